The first kappa shape index (κ1) is 20.9. The molecule has 9 nitrogen and oxygen atoms in total. The molecule has 1 atom stereocenters. The van der Waals surface area contributed by atoms with E-state index in [9.17, 15) is 14.2 Å². The number of nitrogens with zero attached hydrogens (tertiary/aromatic N) is 2. The molecule has 0 bridgehead atoms. The van der Waals surface area contributed by atoms with Crippen molar-refractivity contribution in [1.29, 1.82) is 0 Å². The van der Waals surface area contributed by atoms with Gasteiger partial charge in [0.1, 0.15) is 0 Å². The lowest BCUT2D eigenvalue weighted by molar-refractivity contribution is -0.133. The van der Waals surface area contributed by atoms with Gasteiger partial charge < -0.3 is 29.3 Å². The van der Waals surface area contributed by atoms with E-state index in [1.807, 2.05) is 0 Å². The summed E-state index contributed by atoms with van der Waals surface area (Å²) in [6.45, 7) is 7.38. The molecule has 0 aliphatic carbocycles. The lowest BCUT2D eigenvalue weighted by Crippen LogP contribution is -2.55. The zero-order chi connectivity index (χ0) is 18.2. The Hall–Kier alpha value is -1.15. The molecule has 1 rings (SSSR count). The average molecular weight is 365 g/mol. The van der Waals surface area contributed by atoms with Gasteiger partial charge in [-0.25, -0.2) is 4.79 Å². The fourth-order valence-electron chi connectivity index (χ4n) is 2.41. The molecule has 0 unspecified atom stereocenters. The van der Waals surface area contributed by atoms with Crippen LogP contribution < -0.4 is 5.73 Å². The van der Waals surface area contributed by atoms with Crippen molar-refractivity contribution in [3.8, 4) is 0 Å². The molecule has 1 fully saturated rings. The first-order chi connectivity index (χ1) is 11.4. The van der Waals surface area contributed by atoms with Crippen molar-refractivity contribution in [2.24, 2.45) is 5.73 Å². The van der Waals surface area contributed by atoms with Crippen molar-refractivity contribution in [3.05, 3.63) is 0 Å². The van der Waals surface area contributed by atoms with E-state index in [0.717, 1.165) is 0 Å². The molecule has 0 aromatic heterocycles. The average Bonchev–Trinajstić information content (AvgIpc) is 2.54. The van der Waals surface area contributed by atoms with Crippen LogP contribution in [0, 0.1) is 0 Å². The maximum atomic E-state index is 12.5. The molecular formula is C14H28N3O6P. The fourth-order valence-corrected chi connectivity index (χ4v) is 4.12. The predicted molar refractivity (Wildman–Crippen MR) is 88.9 cm³/mol. The SMILES string of the molecule is CCOC(=O)N1CCN(C(=O)[C@@H](N)CP(=O)(OCC)OCC)CC1. The zero-order valence-electron chi connectivity index (χ0n) is 14.6. The van der Waals surface area contributed by atoms with Crippen molar-refractivity contribution in [2.75, 3.05) is 52.2 Å². The summed E-state index contributed by atoms with van der Waals surface area (Å²) < 4.78 is 27.7. The summed E-state index contributed by atoms with van der Waals surface area (Å²) in [4.78, 5) is 27.2. The summed E-state index contributed by atoms with van der Waals surface area (Å²) in [6, 6.07) is -0.969. The van der Waals surface area contributed by atoms with Crippen molar-refractivity contribution in [2.45, 2.75) is 26.8 Å². The largest absolute Gasteiger partial charge is 0.450 e. The van der Waals surface area contributed by atoms with E-state index in [4.69, 9.17) is 19.5 Å². The number of rotatable bonds is 8. The first-order valence-electron chi connectivity index (χ1n) is 8.21. The van der Waals surface area contributed by atoms with Crippen LogP contribution in [0.2, 0.25) is 0 Å². The van der Waals surface area contributed by atoms with Crippen LogP contribution in [0.4, 0.5) is 4.79 Å². The van der Waals surface area contributed by atoms with E-state index < -0.39 is 13.6 Å². The third-order valence-corrected chi connectivity index (χ3v) is 5.65. The number of nitrogens with two attached hydrogens (primary N) is 1. The highest BCUT2D eigenvalue weighted by Gasteiger charge is 2.34. The number of hydrogen-bond acceptors (Lipinski definition) is 7. The Labute approximate surface area is 142 Å². The van der Waals surface area contributed by atoms with Gasteiger partial charge in [0, 0.05) is 26.2 Å². The second-order valence-corrected chi connectivity index (χ2v) is 7.35. The van der Waals surface area contributed by atoms with Gasteiger partial charge in [-0.3, -0.25) is 9.36 Å². The van der Waals surface area contributed by atoms with Gasteiger partial charge in [-0.15, -0.1) is 0 Å². The number of piperazine rings is 1. The highest BCUT2D eigenvalue weighted by Crippen LogP contribution is 2.48. The fraction of sp³-hybridized carbons (Fsp3) is 0.857. The van der Waals surface area contributed by atoms with Gasteiger partial charge in [0.15, 0.2) is 0 Å². The molecule has 1 saturated heterocycles. The third kappa shape index (κ3) is 6.05. The molecule has 1 heterocycles. The molecule has 0 radical (unpaired) electrons. The van der Waals surface area contributed by atoms with E-state index in [1.165, 1.54) is 0 Å². The maximum absolute atomic E-state index is 12.5. The number of carbonyl (C=O) groups excluding carboxylic acids is 2. The molecule has 1 aliphatic heterocycles. The molecule has 0 aromatic carbocycles. The van der Waals surface area contributed by atoms with Crippen LogP contribution in [0.25, 0.3) is 0 Å². The van der Waals surface area contributed by atoms with E-state index in [2.05, 4.69) is 0 Å². The maximum Gasteiger partial charge on any atom is 0.409 e. The molecule has 2 amide bonds. The molecular weight excluding hydrogens is 337 g/mol. The van der Waals surface area contributed by atoms with Crippen molar-refractivity contribution in [3.63, 3.8) is 0 Å². The predicted octanol–water partition coefficient (Wildman–Crippen LogP) is 0.881. The topological polar surface area (TPSA) is 111 Å². The first-order valence-corrected chi connectivity index (χ1v) is 9.93. The van der Waals surface area contributed by atoms with Gasteiger partial charge >= 0.3 is 13.7 Å². The van der Waals surface area contributed by atoms with Crippen LogP contribution in [0.5, 0.6) is 0 Å². The molecule has 0 spiro atoms. The summed E-state index contributed by atoms with van der Waals surface area (Å²) in [7, 11) is -3.37. The smallest absolute Gasteiger partial charge is 0.409 e. The third-order valence-electron chi connectivity index (χ3n) is 3.51. The van der Waals surface area contributed by atoms with Crippen LogP contribution in [0.1, 0.15) is 20.8 Å². The lowest BCUT2D eigenvalue weighted by atomic mass is 10.2. The van der Waals surface area contributed by atoms with E-state index in [0.29, 0.717) is 32.8 Å². The van der Waals surface area contributed by atoms with Gasteiger partial charge in [-0.1, -0.05) is 0 Å². The Morgan fingerprint density at radius 3 is 1.96 bits per heavy atom. The van der Waals surface area contributed by atoms with E-state index in [-0.39, 0.29) is 31.4 Å². The highest BCUT2D eigenvalue weighted by atomic mass is 31.2. The summed E-state index contributed by atoms with van der Waals surface area (Å²) in [6.07, 6.45) is -0.544. The van der Waals surface area contributed by atoms with E-state index >= 15 is 0 Å². The van der Waals surface area contributed by atoms with Gasteiger partial charge in [-0.2, -0.15) is 0 Å². The zero-order valence-corrected chi connectivity index (χ0v) is 15.5. The minimum Gasteiger partial charge on any atom is -0.450 e. The standard InChI is InChI=1S/C14H28N3O6P/c1-4-21-14(19)17-9-7-16(8-10-17)13(18)12(15)11-24(20,22-5-2)23-6-3/h12H,4-11,15H2,1-3H3/t12-/m0/s1. The van der Waals surface area contributed by atoms with Crippen molar-refractivity contribution in [1.82, 2.24) is 9.80 Å². The molecule has 0 aromatic rings. The Balaban J connectivity index is 2.55. The van der Waals surface area contributed by atoms with Crippen LogP contribution in [-0.2, 0) is 23.1 Å². The second-order valence-electron chi connectivity index (χ2n) is 5.25. The van der Waals surface area contributed by atoms with Crippen molar-refractivity contribution >= 4 is 19.6 Å². The molecule has 1 aliphatic rings. The Morgan fingerprint density at radius 2 is 1.50 bits per heavy atom. The number of amides is 2. The molecule has 0 saturated carbocycles. The molecule has 140 valence electrons. The Kier molecular flexibility index (Phi) is 8.69. The normalized spacial score (nSPS) is 16.8. The summed E-state index contributed by atoms with van der Waals surface area (Å²) >= 11 is 0. The minimum atomic E-state index is -3.37. The Morgan fingerprint density at radius 1 is 1.00 bits per heavy atom. The van der Waals surface area contributed by atoms with Crippen LogP contribution >= 0.6 is 7.60 Å². The van der Waals surface area contributed by atoms with Crippen LogP contribution in [0.15, 0.2) is 0 Å². The van der Waals surface area contributed by atoms with Gasteiger partial charge in [0.25, 0.3) is 0 Å². The van der Waals surface area contributed by atoms with E-state index in [1.54, 1.807) is 30.6 Å². The summed E-state index contributed by atoms with van der Waals surface area (Å²) in [5.41, 5.74) is 5.91. The lowest BCUT2D eigenvalue weighted by Gasteiger charge is -2.35. The van der Waals surface area contributed by atoms with Gasteiger partial charge in [0.05, 0.1) is 32.0 Å². The van der Waals surface area contributed by atoms with Crippen LogP contribution in [-0.4, -0.2) is 80.0 Å². The van der Waals surface area contributed by atoms with Gasteiger partial charge in [-0.05, 0) is 20.8 Å². The monoisotopic (exact) mass is 365 g/mol. The van der Waals surface area contributed by atoms with Crippen molar-refractivity contribution < 1.29 is 27.9 Å². The molecule has 2 N–H and O–H groups in total. The summed E-state index contributed by atoms with van der Waals surface area (Å²) in [5.74, 6) is -0.321. The number of ether oxygens (including phenoxy) is 1. The molecule has 10 heteroatoms. The number of hydrogen-bond donors (Lipinski definition) is 1. The van der Waals surface area contributed by atoms with Crippen LogP contribution in [0.3, 0.4) is 0 Å². The Bertz CT molecular complexity index is 457. The summed E-state index contributed by atoms with van der Waals surface area (Å²) in [5, 5.41) is 0. The number of carbonyl (C=O) groups is 2. The van der Waals surface area contributed by atoms with Gasteiger partial charge in [0.2, 0.25) is 5.91 Å². The highest BCUT2D eigenvalue weighted by molar-refractivity contribution is 7.53. The quantitative estimate of drug-likeness (QED) is 0.636. The minimum absolute atomic E-state index is 0.161. The molecule has 24 heavy (non-hydrogen) atoms. The second kappa shape index (κ2) is 9.98.